The van der Waals surface area contributed by atoms with Crippen LogP contribution in [0.1, 0.15) is 36.1 Å². The molecule has 112 valence electrons. The number of rotatable bonds is 5. The Labute approximate surface area is 132 Å². The molecule has 0 aliphatic carbocycles. The van der Waals surface area contributed by atoms with Gasteiger partial charge in [0.1, 0.15) is 11.6 Å². The van der Waals surface area contributed by atoms with Crippen molar-refractivity contribution in [1.82, 2.24) is 10.3 Å². The molecule has 2 rings (SSSR count). The highest BCUT2D eigenvalue weighted by Crippen LogP contribution is 2.29. The molecule has 1 heterocycles. The van der Waals surface area contributed by atoms with Gasteiger partial charge in [-0.25, -0.2) is 9.37 Å². The van der Waals surface area contributed by atoms with E-state index in [0.717, 1.165) is 29.7 Å². The highest BCUT2D eigenvalue weighted by atomic mass is 79.9. The van der Waals surface area contributed by atoms with Crippen molar-refractivity contribution in [3.8, 4) is 0 Å². The first kappa shape index (κ1) is 15.9. The van der Waals surface area contributed by atoms with E-state index in [1.54, 1.807) is 18.3 Å². The highest BCUT2D eigenvalue weighted by Gasteiger charge is 2.18. The van der Waals surface area contributed by atoms with Crippen LogP contribution in [-0.4, -0.2) is 11.5 Å². The Bertz CT molecular complexity index is 631. The van der Waals surface area contributed by atoms with Crippen LogP contribution in [0, 0.1) is 12.7 Å². The van der Waals surface area contributed by atoms with Gasteiger partial charge in [-0.15, -0.1) is 0 Å². The Morgan fingerprint density at radius 3 is 2.81 bits per heavy atom. The third kappa shape index (κ3) is 3.80. The van der Waals surface area contributed by atoms with Gasteiger partial charge in [0, 0.05) is 11.8 Å². The lowest BCUT2D eigenvalue weighted by molar-refractivity contribution is 0.590. The van der Waals surface area contributed by atoms with Crippen LogP contribution in [0.3, 0.4) is 0 Å². The lowest BCUT2D eigenvalue weighted by Crippen LogP contribution is -2.24. The average Bonchev–Trinajstić information content (AvgIpc) is 2.46. The van der Waals surface area contributed by atoms with Gasteiger partial charge in [-0.3, -0.25) is 0 Å². The zero-order chi connectivity index (χ0) is 15.4. The van der Waals surface area contributed by atoms with E-state index in [0.29, 0.717) is 10.3 Å². The molecule has 0 bridgehead atoms. The van der Waals surface area contributed by atoms with Crippen LogP contribution in [0.4, 0.5) is 10.2 Å². The predicted octanol–water partition coefficient (Wildman–Crippen LogP) is 3.96. The minimum atomic E-state index is -0.275. The molecular formula is C16H19BrFN3. The fourth-order valence-corrected chi connectivity index (χ4v) is 2.62. The molecule has 2 aromatic rings. The molecule has 0 aliphatic heterocycles. The van der Waals surface area contributed by atoms with E-state index in [-0.39, 0.29) is 11.9 Å². The van der Waals surface area contributed by atoms with Crippen LogP contribution in [0.5, 0.6) is 0 Å². The molecule has 1 aromatic carbocycles. The molecule has 1 atom stereocenters. The number of pyridine rings is 1. The number of hydrogen-bond donors (Lipinski definition) is 2. The van der Waals surface area contributed by atoms with E-state index in [4.69, 9.17) is 5.73 Å². The second-order valence-corrected chi connectivity index (χ2v) is 5.90. The highest BCUT2D eigenvalue weighted by molar-refractivity contribution is 9.10. The third-order valence-electron chi connectivity index (χ3n) is 3.27. The first-order valence-corrected chi connectivity index (χ1v) is 7.72. The van der Waals surface area contributed by atoms with E-state index < -0.39 is 0 Å². The average molecular weight is 352 g/mol. The summed E-state index contributed by atoms with van der Waals surface area (Å²) in [5.74, 6) is 0.220. The van der Waals surface area contributed by atoms with Gasteiger partial charge < -0.3 is 11.1 Å². The zero-order valence-electron chi connectivity index (χ0n) is 12.2. The Hall–Kier alpha value is -1.46. The van der Waals surface area contributed by atoms with Crippen molar-refractivity contribution >= 4 is 21.7 Å². The predicted molar refractivity (Wildman–Crippen MR) is 87.6 cm³/mol. The Kier molecular flexibility index (Phi) is 5.31. The van der Waals surface area contributed by atoms with Gasteiger partial charge in [-0.05, 0) is 65.1 Å². The maximum Gasteiger partial charge on any atom is 0.137 e. The maximum atomic E-state index is 13.5. The van der Waals surface area contributed by atoms with Gasteiger partial charge >= 0.3 is 0 Å². The fourth-order valence-electron chi connectivity index (χ4n) is 2.22. The minimum Gasteiger partial charge on any atom is -0.383 e. The van der Waals surface area contributed by atoms with Crippen molar-refractivity contribution in [2.24, 2.45) is 0 Å². The molecule has 0 radical (unpaired) electrons. The number of hydrogen-bond acceptors (Lipinski definition) is 3. The molecule has 1 aromatic heterocycles. The van der Waals surface area contributed by atoms with Gasteiger partial charge in [-0.2, -0.15) is 0 Å². The zero-order valence-corrected chi connectivity index (χ0v) is 13.7. The summed E-state index contributed by atoms with van der Waals surface area (Å²) < 4.78 is 13.9. The number of aryl methyl sites for hydroxylation is 1. The first-order valence-electron chi connectivity index (χ1n) is 6.93. The topological polar surface area (TPSA) is 50.9 Å². The van der Waals surface area contributed by atoms with Crippen LogP contribution >= 0.6 is 15.9 Å². The number of nitrogens with two attached hydrogens (primary N) is 1. The molecule has 3 nitrogen and oxygen atoms in total. The lowest BCUT2D eigenvalue weighted by atomic mass is 9.98. The monoisotopic (exact) mass is 351 g/mol. The first-order chi connectivity index (χ1) is 10.0. The van der Waals surface area contributed by atoms with Crippen LogP contribution in [0.25, 0.3) is 0 Å². The summed E-state index contributed by atoms with van der Waals surface area (Å²) >= 11 is 3.24. The SMILES string of the molecule is CCCNC(c1ccc(F)c(Br)c1)c1cc(C)cnc1N. The van der Waals surface area contributed by atoms with Crippen LogP contribution < -0.4 is 11.1 Å². The summed E-state index contributed by atoms with van der Waals surface area (Å²) in [5, 5.41) is 3.45. The van der Waals surface area contributed by atoms with Gasteiger partial charge in [-0.1, -0.05) is 13.0 Å². The van der Waals surface area contributed by atoms with Crippen molar-refractivity contribution in [2.75, 3.05) is 12.3 Å². The molecule has 1 unspecified atom stereocenters. The molecule has 0 amide bonds. The van der Waals surface area contributed by atoms with Crippen LogP contribution in [-0.2, 0) is 0 Å². The number of aromatic nitrogens is 1. The molecular weight excluding hydrogens is 333 g/mol. The smallest absolute Gasteiger partial charge is 0.137 e. The van der Waals surface area contributed by atoms with E-state index in [9.17, 15) is 4.39 Å². The van der Waals surface area contributed by atoms with Crippen molar-refractivity contribution < 1.29 is 4.39 Å². The lowest BCUT2D eigenvalue weighted by Gasteiger charge is -2.21. The molecule has 21 heavy (non-hydrogen) atoms. The van der Waals surface area contributed by atoms with Crippen molar-refractivity contribution in [3.05, 3.63) is 57.4 Å². The molecule has 0 saturated carbocycles. The molecule has 0 spiro atoms. The number of benzene rings is 1. The Balaban J connectivity index is 2.46. The molecule has 0 aliphatic rings. The van der Waals surface area contributed by atoms with Crippen molar-refractivity contribution in [2.45, 2.75) is 26.3 Å². The molecule has 0 saturated heterocycles. The quantitative estimate of drug-likeness (QED) is 0.856. The van der Waals surface area contributed by atoms with E-state index >= 15 is 0 Å². The number of nitrogen functional groups attached to an aromatic ring is 1. The fraction of sp³-hybridized carbons (Fsp3) is 0.312. The van der Waals surface area contributed by atoms with E-state index in [1.807, 2.05) is 13.0 Å². The van der Waals surface area contributed by atoms with E-state index in [1.165, 1.54) is 6.07 Å². The van der Waals surface area contributed by atoms with Gasteiger partial charge in [0.25, 0.3) is 0 Å². The standard InChI is InChI=1S/C16H19BrFN3/c1-3-6-20-15(11-4-5-14(18)13(17)8-11)12-7-10(2)9-21-16(12)19/h4-5,7-9,15,20H,3,6H2,1-2H3,(H2,19,21). The third-order valence-corrected chi connectivity index (χ3v) is 3.88. The summed E-state index contributed by atoms with van der Waals surface area (Å²) in [6.45, 7) is 4.92. The number of nitrogens with zero attached hydrogens (tertiary/aromatic N) is 1. The summed E-state index contributed by atoms with van der Waals surface area (Å²) in [5.41, 5.74) is 8.95. The summed E-state index contributed by atoms with van der Waals surface area (Å²) in [6.07, 6.45) is 2.74. The summed E-state index contributed by atoms with van der Waals surface area (Å²) in [4.78, 5) is 4.23. The minimum absolute atomic E-state index is 0.103. The van der Waals surface area contributed by atoms with Gasteiger partial charge in [0.15, 0.2) is 0 Å². The van der Waals surface area contributed by atoms with Crippen molar-refractivity contribution in [1.29, 1.82) is 0 Å². The summed E-state index contributed by atoms with van der Waals surface area (Å²) in [6, 6.07) is 6.93. The normalized spacial score (nSPS) is 12.4. The van der Waals surface area contributed by atoms with Crippen LogP contribution in [0.2, 0.25) is 0 Å². The van der Waals surface area contributed by atoms with Crippen molar-refractivity contribution in [3.63, 3.8) is 0 Å². The Morgan fingerprint density at radius 2 is 2.14 bits per heavy atom. The second-order valence-electron chi connectivity index (χ2n) is 5.05. The Morgan fingerprint density at radius 1 is 1.38 bits per heavy atom. The molecule has 3 N–H and O–H groups in total. The molecule has 0 fully saturated rings. The maximum absolute atomic E-state index is 13.5. The molecule has 5 heteroatoms. The number of nitrogens with one attached hydrogen (secondary N) is 1. The second kappa shape index (κ2) is 7.00. The summed E-state index contributed by atoms with van der Waals surface area (Å²) in [7, 11) is 0. The largest absolute Gasteiger partial charge is 0.383 e. The van der Waals surface area contributed by atoms with Gasteiger partial charge in [0.2, 0.25) is 0 Å². The number of anilines is 1. The van der Waals surface area contributed by atoms with Crippen LogP contribution in [0.15, 0.2) is 34.9 Å². The van der Waals surface area contributed by atoms with Gasteiger partial charge in [0.05, 0.1) is 10.5 Å². The number of halogens is 2. The van der Waals surface area contributed by atoms with E-state index in [2.05, 4.69) is 33.2 Å².